The Kier molecular flexibility index (Phi) is 4.21. The maximum absolute atomic E-state index is 4.22. The molecule has 5 nitrogen and oxygen atoms in total. The SMILES string of the molecule is CCCNC(Cc1cccnc1)c1ncn[nH]1. The van der Waals surface area contributed by atoms with Gasteiger partial charge in [0.25, 0.3) is 0 Å². The van der Waals surface area contributed by atoms with Crippen LogP contribution in [0.4, 0.5) is 0 Å². The van der Waals surface area contributed by atoms with Gasteiger partial charge in [0.2, 0.25) is 0 Å². The highest BCUT2D eigenvalue weighted by Gasteiger charge is 2.14. The second-order valence-corrected chi connectivity index (χ2v) is 3.94. The van der Waals surface area contributed by atoms with E-state index in [0.29, 0.717) is 0 Å². The van der Waals surface area contributed by atoms with Crippen molar-refractivity contribution < 1.29 is 0 Å². The lowest BCUT2D eigenvalue weighted by atomic mass is 10.1. The molecular formula is C12H17N5. The van der Waals surface area contributed by atoms with Gasteiger partial charge < -0.3 is 5.32 Å². The third-order valence-corrected chi connectivity index (χ3v) is 2.57. The number of aromatic amines is 1. The number of rotatable bonds is 6. The van der Waals surface area contributed by atoms with E-state index in [9.17, 15) is 0 Å². The molecule has 90 valence electrons. The second-order valence-electron chi connectivity index (χ2n) is 3.94. The summed E-state index contributed by atoms with van der Waals surface area (Å²) in [4.78, 5) is 8.34. The first-order valence-corrected chi connectivity index (χ1v) is 5.87. The zero-order valence-electron chi connectivity index (χ0n) is 9.93. The molecule has 0 aliphatic rings. The van der Waals surface area contributed by atoms with E-state index in [0.717, 1.165) is 25.2 Å². The van der Waals surface area contributed by atoms with Gasteiger partial charge in [0.15, 0.2) is 0 Å². The molecule has 17 heavy (non-hydrogen) atoms. The highest BCUT2D eigenvalue weighted by atomic mass is 15.2. The summed E-state index contributed by atoms with van der Waals surface area (Å²) in [6.45, 7) is 3.11. The zero-order chi connectivity index (χ0) is 11.9. The van der Waals surface area contributed by atoms with Gasteiger partial charge in [-0.3, -0.25) is 10.1 Å². The van der Waals surface area contributed by atoms with Crippen molar-refractivity contribution in [3.8, 4) is 0 Å². The third-order valence-electron chi connectivity index (χ3n) is 2.57. The first-order valence-electron chi connectivity index (χ1n) is 5.87. The molecular weight excluding hydrogens is 214 g/mol. The van der Waals surface area contributed by atoms with Crippen LogP contribution in [0.25, 0.3) is 0 Å². The molecule has 2 aromatic rings. The van der Waals surface area contributed by atoms with Crippen LogP contribution in [0.2, 0.25) is 0 Å². The number of nitrogens with zero attached hydrogens (tertiary/aromatic N) is 3. The maximum atomic E-state index is 4.22. The second kappa shape index (κ2) is 6.10. The summed E-state index contributed by atoms with van der Waals surface area (Å²) >= 11 is 0. The zero-order valence-corrected chi connectivity index (χ0v) is 9.93. The van der Waals surface area contributed by atoms with Crippen LogP contribution in [-0.4, -0.2) is 26.7 Å². The molecule has 0 aromatic carbocycles. The van der Waals surface area contributed by atoms with Crippen molar-refractivity contribution >= 4 is 0 Å². The summed E-state index contributed by atoms with van der Waals surface area (Å²) in [5.74, 6) is 0.877. The van der Waals surface area contributed by atoms with Gasteiger partial charge in [0.1, 0.15) is 12.2 Å². The molecule has 0 aliphatic carbocycles. The monoisotopic (exact) mass is 231 g/mol. The number of aromatic nitrogens is 4. The molecule has 0 amide bonds. The molecule has 0 saturated carbocycles. The Hall–Kier alpha value is -1.75. The predicted molar refractivity (Wildman–Crippen MR) is 65.4 cm³/mol. The molecule has 2 heterocycles. The van der Waals surface area contributed by atoms with Gasteiger partial charge in [-0.2, -0.15) is 5.10 Å². The minimum atomic E-state index is 0.168. The summed E-state index contributed by atoms with van der Waals surface area (Å²) < 4.78 is 0. The lowest BCUT2D eigenvalue weighted by Gasteiger charge is -2.15. The van der Waals surface area contributed by atoms with Gasteiger partial charge in [-0.1, -0.05) is 13.0 Å². The van der Waals surface area contributed by atoms with Crippen molar-refractivity contribution in [1.82, 2.24) is 25.5 Å². The molecule has 0 fully saturated rings. The Balaban J connectivity index is 2.06. The number of pyridine rings is 1. The Morgan fingerprint density at radius 1 is 1.47 bits per heavy atom. The minimum Gasteiger partial charge on any atom is -0.307 e. The molecule has 0 radical (unpaired) electrons. The van der Waals surface area contributed by atoms with Crippen molar-refractivity contribution in [2.45, 2.75) is 25.8 Å². The van der Waals surface area contributed by atoms with Gasteiger partial charge in [-0.25, -0.2) is 4.98 Å². The van der Waals surface area contributed by atoms with Crippen LogP contribution < -0.4 is 5.32 Å². The van der Waals surface area contributed by atoms with E-state index in [2.05, 4.69) is 38.5 Å². The summed E-state index contributed by atoms with van der Waals surface area (Å²) in [6.07, 6.45) is 7.17. The van der Waals surface area contributed by atoms with Gasteiger partial charge in [-0.05, 0) is 31.0 Å². The molecule has 2 rings (SSSR count). The molecule has 2 aromatic heterocycles. The number of H-pyrrole nitrogens is 1. The molecule has 2 N–H and O–H groups in total. The quantitative estimate of drug-likeness (QED) is 0.790. The average molecular weight is 231 g/mol. The van der Waals surface area contributed by atoms with E-state index in [-0.39, 0.29) is 6.04 Å². The van der Waals surface area contributed by atoms with Crippen molar-refractivity contribution in [1.29, 1.82) is 0 Å². The molecule has 0 bridgehead atoms. The molecule has 5 heteroatoms. The summed E-state index contributed by atoms with van der Waals surface area (Å²) in [6, 6.07) is 4.19. The molecule has 0 spiro atoms. The van der Waals surface area contributed by atoms with Gasteiger partial charge >= 0.3 is 0 Å². The van der Waals surface area contributed by atoms with Gasteiger partial charge in [0.05, 0.1) is 6.04 Å². The highest BCUT2D eigenvalue weighted by molar-refractivity contribution is 5.12. The molecule has 0 saturated heterocycles. The van der Waals surface area contributed by atoms with Gasteiger partial charge in [-0.15, -0.1) is 0 Å². The van der Waals surface area contributed by atoms with E-state index in [1.54, 1.807) is 12.5 Å². The smallest absolute Gasteiger partial charge is 0.141 e. The first kappa shape index (κ1) is 11.7. The topological polar surface area (TPSA) is 66.5 Å². The fraction of sp³-hybridized carbons (Fsp3) is 0.417. The van der Waals surface area contributed by atoms with Crippen LogP contribution in [0.15, 0.2) is 30.9 Å². The normalized spacial score (nSPS) is 12.5. The van der Waals surface area contributed by atoms with E-state index in [1.165, 1.54) is 5.56 Å². The molecule has 0 aliphatic heterocycles. The van der Waals surface area contributed by atoms with Crippen LogP contribution in [0.1, 0.15) is 30.8 Å². The molecule has 1 atom stereocenters. The Morgan fingerprint density at radius 3 is 3.06 bits per heavy atom. The number of hydrogen-bond donors (Lipinski definition) is 2. The lowest BCUT2D eigenvalue weighted by molar-refractivity contribution is 0.505. The van der Waals surface area contributed by atoms with Crippen molar-refractivity contribution in [2.75, 3.05) is 6.54 Å². The Labute approximate surface area is 101 Å². The largest absolute Gasteiger partial charge is 0.307 e. The van der Waals surface area contributed by atoms with E-state index in [1.807, 2.05) is 12.3 Å². The lowest BCUT2D eigenvalue weighted by Crippen LogP contribution is -2.25. The van der Waals surface area contributed by atoms with E-state index >= 15 is 0 Å². The Morgan fingerprint density at radius 2 is 2.41 bits per heavy atom. The fourth-order valence-electron chi connectivity index (χ4n) is 1.72. The first-order chi connectivity index (χ1) is 8.40. The Bertz CT molecular complexity index is 412. The number of nitrogens with one attached hydrogen (secondary N) is 2. The maximum Gasteiger partial charge on any atom is 0.141 e. The summed E-state index contributed by atoms with van der Waals surface area (Å²) in [5, 5.41) is 10.3. The standard InChI is InChI=1S/C12H17N5/c1-2-5-14-11(12-15-9-16-17-12)7-10-4-3-6-13-8-10/h3-4,6,8-9,11,14H,2,5,7H2,1H3,(H,15,16,17). The van der Waals surface area contributed by atoms with Crippen LogP contribution in [-0.2, 0) is 6.42 Å². The van der Waals surface area contributed by atoms with Crippen LogP contribution in [0, 0.1) is 0 Å². The highest BCUT2D eigenvalue weighted by Crippen LogP contribution is 2.13. The summed E-state index contributed by atoms with van der Waals surface area (Å²) in [7, 11) is 0. The van der Waals surface area contributed by atoms with Crippen molar-refractivity contribution in [2.24, 2.45) is 0 Å². The van der Waals surface area contributed by atoms with Crippen molar-refractivity contribution in [3.63, 3.8) is 0 Å². The fourth-order valence-corrected chi connectivity index (χ4v) is 1.72. The van der Waals surface area contributed by atoms with E-state index in [4.69, 9.17) is 0 Å². The predicted octanol–water partition coefficient (Wildman–Crippen LogP) is 1.48. The van der Waals surface area contributed by atoms with Gasteiger partial charge in [0, 0.05) is 12.4 Å². The number of hydrogen-bond acceptors (Lipinski definition) is 4. The molecule has 1 unspecified atom stereocenters. The van der Waals surface area contributed by atoms with E-state index < -0.39 is 0 Å². The summed E-state index contributed by atoms with van der Waals surface area (Å²) in [5.41, 5.74) is 1.19. The van der Waals surface area contributed by atoms with Crippen LogP contribution in [0.3, 0.4) is 0 Å². The van der Waals surface area contributed by atoms with Crippen LogP contribution in [0.5, 0.6) is 0 Å². The average Bonchev–Trinajstić information content (AvgIpc) is 2.89. The van der Waals surface area contributed by atoms with Crippen LogP contribution >= 0.6 is 0 Å². The van der Waals surface area contributed by atoms with Crippen molar-refractivity contribution in [3.05, 3.63) is 42.2 Å². The third kappa shape index (κ3) is 3.35. The minimum absolute atomic E-state index is 0.168.